The first kappa shape index (κ1) is 14.3. The third kappa shape index (κ3) is 2.59. The standard InChI is InChI=1S/C12H19BrN4.ClH/c1-16-12(11(13)7-15-16)8-17-9-2-3-10(17)6-14-5-4-9;/h7,9-10,14H,2-6,8H2,1H3;1H. The zero-order chi connectivity index (χ0) is 11.8. The molecule has 0 radical (unpaired) electrons. The van der Waals surface area contributed by atoms with E-state index in [1.807, 2.05) is 17.9 Å². The lowest BCUT2D eigenvalue weighted by Crippen LogP contribution is -2.37. The third-order valence-corrected chi connectivity index (χ3v) is 4.81. The average molecular weight is 336 g/mol. The van der Waals surface area contributed by atoms with Crippen molar-refractivity contribution in [3.05, 3.63) is 16.4 Å². The second-order valence-corrected chi connectivity index (χ2v) is 5.97. The summed E-state index contributed by atoms with van der Waals surface area (Å²) in [4.78, 5) is 2.67. The molecule has 18 heavy (non-hydrogen) atoms. The number of aromatic nitrogens is 2. The number of hydrogen-bond donors (Lipinski definition) is 1. The highest BCUT2D eigenvalue weighted by Crippen LogP contribution is 2.30. The van der Waals surface area contributed by atoms with Crippen LogP contribution in [-0.2, 0) is 13.6 Å². The van der Waals surface area contributed by atoms with Crippen molar-refractivity contribution in [1.82, 2.24) is 20.0 Å². The highest BCUT2D eigenvalue weighted by atomic mass is 79.9. The summed E-state index contributed by atoms with van der Waals surface area (Å²) in [6.45, 7) is 3.34. The maximum atomic E-state index is 4.30. The molecule has 3 heterocycles. The van der Waals surface area contributed by atoms with Crippen molar-refractivity contribution in [2.45, 2.75) is 37.9 Å². The van der Waals surface area contributed by atoms with E-state index in [1.54, 1.807) is 0 Å². The van der Waals surface area contributed by atoms with Crippen LogP contribution in [0.25, 0.3) is 0 Å². The number of nitrogens with one attached hydrogen (secondary N) is 1. The summed E-state index contributed by atoms with van der Waals surface area (Å²) < 4.78 is 3.12. The molecule has 2 fully saturated rings. The van der Waals surface area contributed by atoms with Crippen LogP contribution in [0.4, 0.5) is 0 Å². The topological polar surface area (TPSA) is 33.1 Å². The van der Waals surface area contributed by atoms with Crippen LogP contribution in [0.15, 0.2) is 10.7 Å². The minimum Gasteiger partial charge on any atom is -0.315 e. The molecular formula is C12H20BrClN4. The number of aryl methyl sites for hydroxylation is 1. The Hall–Kier alpha value is -0.100. The molecule has 2 aliphatic heterocycles. The minimum atomic E-state index is 0. The van der Waals surface area contributed by atoms with E-state index in [9.17, 15) is 0 Å². The number of hydrogen-bond acceptors (Lipinski definition) is 3. The molecule has 2 bridgehead atoms. The van der Waals surface area contributed by atoms with Crippen molar-refractivity contribution in [1.29, 1.82) is 0 Å². The van der Waals surface area contributed by atoms with Crippen molar-refractivity contribution in [2.75, 3.05) is 13.1 Å². The van der Waals surface area contributed by atoms with Gasteiger partial charge in [0.25, 0.3) is 0 Å². The molecule has 4 nitrogen and oxygen atoms in total. The minimum absolute atomic E-state index is 0. The molecule has 0 saturated carbocycles. The van der Waals surface area contributed by atoms with Gasteiger partial charge < -0.3 is 5.32 Å². The predicted molar refractivity (Wildman–Crippen MR) is 78.0 cm³/mol. The Balaban J connectivity index is 0.00000120. The SMILES string of the molecule is Cl.Cn1ncc(Br)c1CN1C2CCNCC1CC2. The highest BCUT2D eigenvalue weighted by molar-refractivity contribution is 9.10. The van der Waals surface area contributed by atoms with Gasteiger partial charge in [0.05, 0.1) is 16.4 Å². The lowest BCUT2D eigenvalue weighted by Gasteiger charge is -2.27. The van der Waals surface area contributed by atoms with E-state index in [0.717, 1.165) is 23.6 Å². The summed E-state index contributed by atoms with van der Waals surface area (Å²) in [7, 11) is 2.03. The van der Waals surface area contributed by atoms with E-state index in [1.165, 1.54) is 31.5 Å². The van der Waals surface area contributed by atoms with Crippen molar-refractivity contribution < 1.29 is 0 Å². The van der Waals surface area contributed by atoms with Gasteiger partial charge in [0.15, 0.2) is 0 Å². The molecule has 1 aromatic heterocycles. The van der Waals surface area contributed by atoms with Gasteiger partial charge >= 0.3 is 0 Å². The molecule has 102 valence electrons. The maximum absolute atomic E-state index is 4.30. The van der Waals surface area contributed by atoms with E-state index in [4.69, 9.17) is 0 Å². The summed E-state index contributed by atoms with van der Waals surface area (Å²) in [6, 6.07) is 1.47. The van der Waals surface area contributed by atoms with Gasteiger partial charge in [-0.3, -0.25) is 9.58 Å². The van der Waals surface area contributed by atoms with Crippen LogP contribution in [0.5, 0.6) is 0 Å². The Morgan fingerprint density at radius 1 is 1.39 bits per heavy atom. The van der Waals surface area contributed by atoms with Crippen LogP contribution in [-0.4, -0.2) is 39.9 Å². The first-order valence-electron chi connectivity index (χ1n) is 6.38. The summed E-state index contributed by atoms with van der Waals surface area (Å²) in [6.07, 6.45) is 5.88. The molecule has 1 aromatic rings. The van der Waals surface area contributed by atoms with Crippen molar-refractivity contribution in [3.8, 4) is 0 Å². The lowest BCUT2D eigenvalue weighted by molar-refractivity contribution is 0.188. The average Bonchev–Trinajstić information content (AvgIpc) is 2.72. The molecule has 2 saturated heterocycles. The number of rotatable bonds is 2. The van der Waals surface area contributed by atoms with E-state index in [0.29, 0.717) is 6.04 Å². The molecule has 2 unspecified atom stereocenters. The Morgan fingerprint density at radius 3 is 2.89 bits per heavy atom. The van der Waals surface area contributed by atoms with E-state index in [-0.39, 0.29) is 12.4 Å². The third-order valence-electron chi connectivity index (χ3n) is 4.15. The summed E-state index contributed by atoms with van der Waals surface area (Å²) in [5.74, 6) is 0. The molecule has 0 aliphatic carbocycles. The van der Waals surface area contributed by atoms with E-state index < -0.39 is 0 Å². The quantitative estimate of drug-likeness (QED) is 0.896. The van der Waals surface area contributed by atoms with Crippen molar-refractivity contribution >= 4 is 28.3 Å². The number of fused-ring (bicyclic) bond motifs is 2. The van der Waals surface area contributed by atoms with E-state index in [2.05, 4.69) is 31.2 Å². The van der Waals surface area contributed by atoms with Gasteiger partial charge in [0.1, 0.15) is 0 Å². The molecule has 2 aliphatic rings. The van der Waals surface area contributed by atoms with Crippen LogP contribution >= 0.6 is 28.3 Å². The normalized spacial score (nSPS) is 27.9. The highest BCUT2D eigenvalue weighted by Gasteiger charge is 2.35. The largest absolute Gasteiger partial charge is 0.315 e. The fourth-order valence-electron chi connectivity index (χ4n) is 3.13. The molecule has 1 N–H and O–H groups in total. The molecule has 0 amide bonds. The monoisotopic (exact) mass is 334 g/mol. The zero-order valence-electron chi connectivity index (χ0n) is 10.6. The first-order chi connectivity index (χ1) is 8.25. The Labute approximate surface area is 123 Å². The molecule has 6 heteroatoms. The summed E-state index contributed by atoms with van der Waals surface area (Å²) in [5, 5.41) is 7.84. The number of nitrogens with zero attached hydrogens (tertiary/aromatic N) is 3. The predicted octanol–water partition coefficient (Wildman–Crippen LogP) is 1.93. The van der Waals surface area contributed by atoms with Gasteiger partial charge in [-0.1, -0.05) is 0 Å². The first-order valence-corrected chi connectivity index (χ1v) is 7.18. The molecule has 0 spiro atoms. The van der Waals surface area contributed by atoms with Crippen LogP contribution < -0.4 is 5.32 Å². The lowest BCUT2D eigenvalue weighted by atomic mass is 10.1. The van der Waals surface area contributed by atoms with Crippen LogP contribution in [0.1, 0.15) is 25.0 Å². The summed E-state index contributed by atoms with van der Waals surface area (Å²) in [5.41, 5.74) is 1.30. The molecule has 3 rings (SSSR count). The number of halogens is 2. The maximum Gasteiger partial charge on any atom is 0.0663 e. The van der Waals surface area contributed by atoms with E-state index >= 15 is 0 Å². The van der Waals surface area contributed by atoms with Gasteiger partial charge in [-0.25, -0.2) is 0 Å². The second-order valence-electron chi connectivity index (χ2n) is 5.11. The Bertz CT molecular complexity index is 375. The van der Waals surface area contributed by atoms with Gasteiger partial charge in [-0.05, 0) is 41.7 Å². The van der Waals surface area contributed by atoms with Crippen LogP contribution in [0.3, 0.4) is 0 Å². The van der Waals surface area contributed by atoms with Crippen LogP contribution in [0.2, 0.25) is 0 Å². The Kier molecular flexibility index (Phi) is 4.69. The fourth-order valence-corrected chi connectivity index (χ4v) is 3.60. The van der Waals surface area contributed by atoms with Gasteiger partial charge in [-0.15, -0.1) is 12.4 Å². The molecule has 2 atom stereocenters. The smallest absolute Gasteiger partial charge is 0.0663 e. The molecule has 0 aromatic carbocycles. The van der Waals surface area contributed by atoms with Crippen LogP contribution in [0, 0.1) is 0 Å². The summed E-state index contributed by atoms with van der Waals surface area (Å²) >= 11 is 3.60. The van der Waals surface area contributed by atoms with Crippen molar-refractivity contribution in [3.63, 3.8) is 0 Å². The molecular weight excluding hydrogens is 316 g/mol. The van der Waals surface area contributed by atoms with Crippen molar-refractivity contribution in [2.24, 2.45) is 7.05 Å². The van der Waals surface area contributed by atoms with Gasteiger partial charge in [0.2, 0.25) is 0 Å². The zero-order valence-corrected chi connectivity index (χ0v) is 13.0. The van der Waals surface area contributed by atoms with Gasteiger partial charge in [-0.2, -0.15) is 5.10 Å². The second kappa shape index (κ2) is 5.90. The fraction of sp³-hybridized carbons (Fsp3) is 0.750. The van der Waals surface area contributed by atoms with Gasteiger partial charge in [0, 0.05) is 32.2 Å². The Morgan fingerprint density at radius 2 is 2.17 bits per heavy atom.